The van der Waals surface area contributed by atoms with Crippen molar-refractivity contribution in [2.75, 3.05) is 6.54 Å². The first-order chi connectivity index (χ1) is 10.2. The summed E-state index contributed by atoms with van der Waals surface area (Å²) in [6.45, 7) is 3.18. The quantitative estimate of drug-likeness (QED) is 0.716. The van der Waals surface area contributed by atoms with E-state index in [1.54, 1.807) is 6.07 Å². The van der Waals surface area contributed by atoms with Gasteiger partial charge in [-0.05, 0) is 80.2 Å². The van der Waals surface area contributed by atoms with Crippen LogP contribution >= 0.6 is 15.9 Å². The highest BCUT2D eigenvalue weighted by Gasteiger charge is 2.40. The van der Waals surface area contributed by atoms with Gasteiger partial charge >= 0.3 is 0 Å². The number of nitrogens with one attached hydrogen (secondary N) is 1. The molecule has 21 heavy (non-hydrogen) atoms. The molecule has 0 radical (unpaired) electrons. The van der Waals surface area contributed by atoms with Crippen molar-refractivity contribution < 1.29 is 4.39 Å². The van der Waals surface area contributed by atoms with Crippen LogP contribution in [0.4, 0.5) is 4.39 Å². The highest BCUT2D eigenvalue weighted by molar-refractivity contribution is 9.10. The molecule has 0 saturated heterocycles. The van der Waals surface area contributed by atoms with Gasteiger partial charge in [-0.2, -0.15) is 0 Å². The molecular formula is C18H25BrFN. The monoisotopic (exact) mass is 353 g/mol. The Bertz CT molecular complexity index is 490. The van der Waals surface area contributed by atoms with Crippen LogP contribution in [-0.4, -0.2) is 6.54 Å². The van der Waals surface area contributed by atoms with Crippen molar-refractivity contribution in [2.45, 2.75) is 51.5 Å². The van der Waals surface area contributed by atoms with E-state index in [0.717, 1.165) is 47.2 Å². The van der Waals surface area contributed by atoms with Crippen LogP contribution in [0.15, 0.2) is 22.7 Å². The van der Waals surface area contributed by atoms with E-state index in [4.69, 9.17) is 0 Å². The molecule has 1 aromatic rings. The average Bonchev–Trinajstić information content (AvgIpc) is 3.08. The molecule has 116 valence electrons. The Hall–Kier alpha value is -0.410. The fraction of sp³-hybridized carbons (Fsp3) is 0.667. The van der Waals surface area contributed by atoms with Gasteiger partial charge in [-0.1, -0.05) is 29.3 Å². The summed E-state index contributed by atoms with van der Waals surface area (Å²) in [6.07, 6.45) is 7.96. The van der Waals surface area contributed by atoms with E-state index in [2.05, 4.69) is 28.2 Å². The molecule has 3 heteroatoms. The minimum atomic E-state index is -0.135. The largest absolute Gasteiger partial charge is 0.310 e. The van der Waals surface area contributed by atoms with Gasteiger partial charge in [-0.25, -0.2) is 4.39 Å². The summed E-state index contributed by atoms with van der Waals surface area (Å²) in [4.78, 5) is 0. The van der Waals surface area contributed by atoms with Crippen molar-refractivity contribution in [3.8, 4) is 0 Å². The Balaban J connectivity index is 1.75. The first kappa shape index (κ1) is 15.5. The Kier molecular flexibility index (Phi) is 5.00. The van der Waals surface area contributed by atoms with Crippen molar-refractivity contribution in [2.24, 2.45) is 17.8 Å². The number of benzene rings is 1. The maximum atomic E-state index is 13.6. The van der Waals surface area contributed by atoms with Gasteiger partial charge in [0, 0.05) is 10.5 Å². The lowest BCUT2D eigenvalue weighted by Gasteiger charge is -2.28. The predicted molar refractivity (Wildman–Crippen MR) is 88.7 cm³/mol. The van der Waals surface area contributed by atoms with E-state index < -0.39 is 0 Å². The molecule has 0 aromatic heterocycles. The van der Waals surface area contributed by atoms with E-state index in [0.29, 0.717) is 0 Å². The highest BCUT2D eigenvalue weighted by atomic mass is 79.9. The summed E-state index contributed by atoms with van der Waals surface area (Å²) >= 11 is 3.61. The van der Waals surface area contributed by atoms with Crippen molar-refractivity contribution >= 4 is 15.9 Å². The van der Waals surface area contributed by atoms with E-state index in [1.165, 1.54) is 31.7 Å². The normalized spacial score (nSPS) is 29.0. The van der Waals surface area contributed by atoms with Gasteiger partial charge in [0.2, 0.25) is 0 Å². The molecule has 0 spiro atoms. The smallest absolute Gasteiger partial charge is 0.123 e. The average molecular weight is 354 g/mol. The minimum absolute atomic E-state index is 0.135. The zero-order valence-corrected chi connectivity index (χ0v) is 14.3. The summed E-state index contributed by atoms with van der Waals surface area (Å²) in [5, 5.41) is 3.64. The molecule has 2 fully saturated rings. The lowest BCUT2D eigenvalue weighted by Crippen LogP contribution is -2.26. The second-order valence-electron chi connectivity index (χ2n) is 6.84. The van der Waals surface area contributed by atoms with Crippen molar-refractivity contribution in [3.63, 3.8) is 0 Å². The second-order valence-corrected chi connectivity index (χ2v) is 7.70. The summed E-state index contributed by atoms with van der Waals surface area (Å²) in [6, 6.07) is 5.35. The van der Waals surface area contributed by atoms with Crippen LogP contribution in [0.5, 0.6) is 0 Å². The number of hydrogen-bond donors (Lipinski definition) is 1. The summed E-state index contributed by atoms with van der Waals surface area (Å²) in [7, 11) is 0. The molecule has 0 amide bonds. The van der Waals surface area contributed by atoms with Gasteiger partial charge in [-0.3, -0.25) is 0 Å². The van der Waals surface area contributed by atoms with Crippen LogP contribution in [0.1, 0.15) is 57.1 Å². The fourth-order valence-corrected chi connectivity index (χ4v) is 4.91. The van der Waals surface area contributed by atoms with Gasteiger partial charge in [0.05, 0.1) is 0 Å². The van der Waals surface area contributed by atoms with E-state index in [-0.39, 0.29) is 11.9 Å². The fourth-order valence-electron chi connectivity index (χ4n) is 4.39. The van der Waals surface area contributed by atoms with Gasteiger partial charge in [0.1, 0.15) is 5.82 Å². The second kappa shape index (κ2) is 6.78. The molecule has 1 nitrogen and oxygen atoms in total. The van der Waals surface area contributed by atoms with E-state index >= 15 is 0 Å². The Morgan fingerprint density at radius 1 is 1.33 bits per heavy atom. The molecular weight excluding hydrogens is 329 g/mol. The Morgan fingerprint density at radius 2 is 2.19 bits per heavy atom. The molecule has 0 aliphatic heterocycles. The van der Waals surface area contributed by atoms with E-state index in [1.807, 2.05) is 6.07 Å². The van der Waals surface area contributed by atoms with Crippen LogP contribution in [0.25, 0.3) is 0 Å². The number of rotatable bonds is 6. The van der Waals surface area contributed by atoms with Crippen LogP contribution in [0.2, 0.25) is 0 Å². The summed E-state index contributed by atoms with van der Waals surface area (Å²) < 4.78 is 14.7. The third kappa shape index (κ3) is 3.50. The molecule has 4 atom stereocenters. The van der Waals surface area contributed by atoms with Crippen LogP contribution in [0, 0.1) is 23.6 Å². The van der Waals surface area contributed by atoms with Crippen molar-refractivity contribution in [3.05, 3.63) is 34.1 Å². The van der Waals surface area contributed by atoms with Gasteiger partial charge in [0.15, 0.2) is 0 Å². The first-order valence-corrected chi connectivity index (χ1v) is 9.15. The van der Waals surface area contributed by atoms with Crippen molar-refractivity contribution in [1.82, 2.24) is 5.32 Å². The van der Waals surface area contributed by atoms with Crippen molar-refractivity contribution in [1.29, 1.82) is 0 Å². The van der Waals surface area contributed by atoms with Gasteiger partial charge < -0.3 is 5.32 Å². The number of halogens is 2. The number of hydrogen-bond acceptors (Lipinski definition) is 1. The third-order valence-corrected chi connectivity index (χ3v) is 6.12. The van der Waals surface area contributed by atoms with E-state index in [9.17, 15) is 4.39 Å². The number of fused-ring (bicyclic) bond motifs is 2. The van der Waals surface area contributed by atoms with Crippen LogP contribution < -0.4 is 5.32 Å². The maximum Gasteiger partial charge on any atom is 0.123 e. The Morgan fingerprint density at radius 3 is 2.86 bits per heavy atom. The molecule has 2 bridgehead atoms. The van der Waals surface area contributed by atoms with Crippen LogP contribution in [-0.2, 0) is 0 Å². The molecule has 2 aliphatic carbocycles. The summed E-state index contributed by atoms with van der Waals surface area (Å²) in [5.74, 6) is 2.59. The lowest BCUT2D eigenvalue weighted by molar-refractivity contribution is 0.278. The maximum absolute atomic E-state index is 13.6. The SMILES string of the molecule is CCCNC(CC1CC2CCC1C2)c1cc(F)ccc1Br. The van der Waals surface area contributed by atoms with Crippen LogP contribution in [0.3, 0.4) is 0 Å². The standard InChI is InChI=1S/C18H25BrFN/c1-2-7-21-18(16-11-15(20)5-6-17(16)19)10-14-9-12-3-4-13(14)8-12/h5-6,11-14,18,21H,2-4,7-10H2,1H3. The molecule has 2 aliphatic rings. The Labute approximate surface area is 135 Å². The molecule has 0 heterocycles. The molecule has 1 N–H and O–H groups in total. The predicted octanol–water partition coefficient (Wildman–Crippen LogP) is 5.46. The molecule has 3 rings (SSSR count). The lowest BCUT2D eigenvalue weighted by atomic mass is 9.82. The van der Waals surface area contributed by atoms with Gasteiger partial charge in [0.25, 0.3) is 0 Å². The first-order valence-electron chi connectivity index (χ1n) is 8.35. The molecule has 2 saturated carbocycles. The van der Waals surface area contributed by atoms with Gasteiger partial charge in [-0.15, -0.1) is 0 Å². The molecule has 4 unspecified atom stereocenters. The zero-order valence-electron chi connectivity index (χ0n) is 12.7. The zero-order chi connectivity index (χ0) is 14.8. The highest BCUT2D eigenvalue weighted by Crippen LogP contribution is 2.51. The minimum Gasteiger partial charge on any atom is -0.310 e. The summed E-state index contributed by atoms with van der Waals surface area (Å²) in [5.41, 5.74) is 1.09. The third-order valence-electron chi connectivity index (χ3n) is 5.40. The topological polar surface area (TPSA) is 12.0 Å². The molecule has 1 aromatic carbocycles.